The van der Waals surface area contributed by atoms with Crippen molar-refractivity contribution in [3.8, 4) is 0 Å². The third-order valence-electron chi connectivity index (χ3n) is 6.08. The summed E-state index contributed by atoms with van der Waals surface area (Å²) in [5.74, 6) is -0.115. The van der Waals surface area contributed by atoms with Crippen molar-refractivity contribution in [3.63, 3.8) is 0 Å². The summed E-state index contributed by atoms with van der Waals surface area (Å²) < 4.78 is 10.2. The van der Waals surface area contributed by atoms with Gasteiger partial charge in [0.2, 0.25) is 0 Å². The summed E-state index contributed by atoms with van der Waals surface area (Å²) in [4.78, 5) is 18.5. The van der Waals surface area contributed by atoms with Gasteiger partial charge < -0.3 is 14.5 Å². The van der Waals surface area contributed by atoms with Gasteiger partial charge in [0.05, 0.1) is 32.1 Å². The highest BCUT2D eigenvalue weighted by Crippen LogP contribution is 2.45. The van der Waals surface area contributed by atoms with Crippen molar-refractivity contribution in [1.29, 1.82) is 0 Å². The maximum atomic E-state index is 12.4. The largest absolute Gasteiger partial charge is 0.504 e. The standard InChI is InChI=1S/C22H26N2O3/c1-4-14-12-24-10-9-16-15-7-5-6-8-19(15)23-21(16)20(24)11-17(14)18(13-26-2)22(25)27-3/h4-8,13-14,17,20,23H,1,9-12H2,2-3H3/b18-13+/t14-,17+,20-/m1/s1. The Hall–Kier alpha value is -2.53. The second-order valence-electron chi connectivity index (χ2n) is 7.37. The van der Waals surface area contributed by atoms with Crippen LogP contribution in [-0.4, -0.2) is 43.2 Å². The predicted octanol–water partition coefficient (Wildman–Crippen LogP) is 3.59. The second-order valence-corrected chi connectivity index (χ2v) is 7.37. The molecule has 2 aliphatic rings. The molecule has 142 valence electrons. The van der Waals surface area contributed by atoms with Crippen molar-refractivity contribution in [2.45, 2.75) is 18.9 Å². The number of esters is 1. The Labute approximate surface area is 159 Å². The number of benzene rings is 1. The van der Waals surface area contributed by atoms with Crippen molar-refractivity contribution in [2.24, 2.45) is 11.8 Å². The maximum Gasteiger partial charge on any atom is 0.337 e. The molecule has 2 aliphatic heterocycles. The molecular weight excluding hydrogens is 340 g/mol. The Kier molecular flexibility index (Phi) is 4.79. The van der Waals surface area contributed by atoms with Gasteiger partial charge in [-0.25, -0.2) is 4.79 Å². The first-order valence-corrected chi connectivity index (χ1v) is 9.45. The Morgan fingerprint density at radius 3 is 2.89 bits per heavy atom. The lowest BCUT2D eigenvalue weighted by Gasteiger charge is -2.45. The van der Waals surface area contributed by atoms with Crippen LogP contribution in [0.4, 0.5) is 0 Å². The zero-order chi connectivity index (χ0) is 19.0. The van der Waals surface area contributed by atoms with E-state index in [0.29, 0.717) is 5.57 Å². The average Bonchev–Trinajstić information content (AvgIpc) is 3.09. The molecule has 1 fully saturated rings. The van der Waals surface area contributed by atoms with Gasteiger partial charge in [0.15, 0.2) is 0 Å². The fraction of sp³-hybridized carbons (Fsp3) is 0.409. The molecule has 0 saturated carbocycles. The molecule has 0 amide bonds. The highest BCUT2D eigenvalue weighted by atomic mass is 16.5. The van der Waals surface area contributed by atoms with Crippen molar-refractivity contribution in [3.05, 3.63) is 60.0 Å². The molecule has 1 saturated heterocycles. The fourth-order valence-electron chi connectivity index (χ4n) is 4.80. The lowest BCUT2D eigenvalue weighted by Crippen LogP contribution is -2.46. The van der Waals surface area contributed by atoms with Crippen molar-refractivity contribution < 1.29 is 14.3 Å². The Balaban J connectivity index is 1.74. The van der Waals surface area contributed by atoms with Crippen LogP contribution >= 0.6 is 0 Å². The summed E-state index contributed by atoms with van der Waals surface area (Å²) in [7, 11) is 2.98. The quantitative estimate of drug-likeness (QED) is 0.389. The van der Waals surface area contributed by atoms with Gasteiger partial charge >= 0.3 is 5.97 Å². The number of nitrogens with one attached hydrogen (secondary N) is 1. The summed E-state index contributed by atoms with van der Waals surface area (Å²) in [6.07, 6.45) is 5.38. The van der Waals surface area contributed by atoms with E-state index in [2.05, 4.69) is 40.7 Å². The Morgan fingerprint density at radius 1 is 1.33 bits per heavy atom. The summed E-state index contributed by atoms with van der Waals surface area (Å²) in [6, 6.07) is 8.74. The Morgan fingerprint density at radius 2 is 2.15 bits per heavy atom. The molecule has 1 N–H and O–H groups in total. The van der Waals surface area contributed by atoms with Crippen LogP contribution in [0.15, 0.2) is 48.8 Å². The molecule has 2 aromatic rings. The number of fused-ring (bicyclic) bond motifs is 5. The fourth-order valence-corrected chi connectivity index (χ4v) is 4.80. The van der Waals surface area contributed by atoms with E-state index in [-0.39, 0.29) is 23.8 Å². The van der Waals surface area contributed by atoms with E-state index in [4.69, 9.17) is 9.47 Å². The number of hydrogen-bond acceptors (Lipinski definition) is 4. The number of piperidine rings is 1. The number of rotatable bonds is 4. The predicted molar refractivity (Wildman–Crippen MR) is 105 cm³/mol. The summed E-state index contributed by atoms with van der Waals surface area (Å²) in [5.41, 5.74) is 4.48. The number of nitrogens with zero attached hydrogens (tertiary/aromatic N) is 1. The first kappa shape index (κ1) is 17.9. The third-order valence-corrected chi connectivity index (χ3v) is 6.08. The van der Waals surface area contributed by atoms with Crippen LogP contribution in [0.3, 0.4) is 0 Å². The smallest absolute Gasteiger partial charge is 0.337 e. The van der Waals surface area contributed by atoms with Gasteiger partial charge in [-0.15, -0.1) is 6.58 Å². The van der Waals surface area contributed by atoms with Crippen molar-refractivity contribution >= 4 is 16.9 Å². The van der Waals surface area contributed by atoms with Gasteiger partial charge in [-0.05, 0) is 30.4 Å². The number of methoxy groups -OCH3 is 2. The van der Waals surface area contributed by atoms with Crippen LogP contribution in [0.2, 0.25) is 0 Å². The van der Waals surface area contributed by atoms with Crippen LogP contribution in [0.1, 0.15) is 23.7 Å². The topological polar surface area (TPSA) is 54.6 Å². The minimum atomic E-state index is -0.324. The SMILES string of the molecule is C=C[C@@H]1CN2CCc3c([nH]c4ccccc34)[C@H]2C[C@@H]1/C(=C\OC)C(=O)OC. The van der Waals surface area contributed by atoms with Gasteiger partial charge in [-0.3, -0.25) is 4.90 Å². The number of carbonyl (C=O) groups is 1. The van der Waals surface area contributed by atoms with E-state index >= 15 is 0 Å². The van der Waals surface area contributed by atoms with Gasteiger partial charge in [0.1, 0.15) is 0 Å². The Bertz CT molecular complexity index is 898. The first-order chi connectivity index (χ1) is 13.2. The lowest BCUT2D eigenvalue weighted by molar-refractivity contribution is -0.137. The molecular formula is C22H26N2O3. The number of para-hydroxylation sites is 1. The second kappa shape index (κ2) is 7.24. The number of ether oxygens (including phenoxy) is 2. The van der Waals surface area contributed by atoms with Crippen molar-refractivity contribution in [2.75, 3.05) is 27.3 Å². The molecule has 0 radical (unpaired) electrons. The summed E-state index contributed by atoms with van der Waals surface area (Å²) in [6.45, 7) is 5.93. The first-order valence-electron chi connectivity index (χ1n) is 9.45. The van der Waals surface area contributed by atoms with E-state index in [1.807, 2.05) is 6.08 Å². The van der Waals surface area contributed by atoms with Crippen LogP contribution in [-0.2, 0) is 20.7 Å². The van der Waals surface area contributed by atoms with E-state index in [9.17, 15) is 4.79 Å². The van der Waals surface area contributed by atoms with Gasteiger partial charge in [-0.1, -0.05) is 24.3 Å². The van der Waals surface area contributed by atoms with E-state index < -0.39 is 0 Å². The molecule has 0 aliphatic carbocycles. The molecule has 1 aromatic heterocycles. The van der Waals surface area contributed by atoms with Gasteiger partial charge in [0.25, 0.3) is 0 Å². The average molecular weight is 366 g/mol. The van der Waals surface area contributed by atoms with E-state index in [0.717, 1.165) is 25.9 Å². The van der Waals surface area contributed by atoms with Crippen LogP contribution in [0, 0.1) is 11.8 Å². The number of carbonyl (C=O) groups excluding carboxylic acids is 1. The summed E-state index contributed by atoms with van der Waals surface area (Å²) >= 11 is 0. The molecule has 3 heterocycles. The molecule has 1 aromatic carbocycles. The maximum absolute atomic E-state index is 12.4. The molecule has 27 heavy (non-hydrogen) atoms. The van der Waals surface area contributed by atoms with E-state index in [1.165, 1.54) is 35.5 Å². The third kappa shape index (κ3) is 2.96. The van der Waals surface area contributed by atoms with E-state index in [1.54, 1.807) is 7.11 Å². The number of aromatic amines is 1. The zero-order valence-electron chi connectivity index (χ0n) is 15.9. The molecule has 3 atom stereocenters. The molecule has 5 nitrogen and oxygen atoms in total. The monoisotopic (exact) mass is 366 g/mol. The molecule has 4 rings (SSSR count). The van der Waals surface area contributed by atoms with Gasteiger partial charge in [-0.2, -0.15) is 0 Å². The highest BCUT2D eigenvalue weighted by Gasteiger charge is 2.42. The summed E-state index contributed by atoms with van der Waals surface area (Å²) in [5, 5.41) is 1.31. The minimum absolute atomic E-state index is 0.0218. The van der Waals surface area contributed by atoms with Crippen LogP contribution < -0.4 is 0 Å². The number of hydrogen-bond donors (Lipinski definition) is 1. The molecule has 0 spiro atoms. The number of H-pyrrole nitrogens is 1. The van der Waals surface area contributed by atoms with Crippen molar-refractivity contribution in [1.82, 2.24) is 9.88 Å². The van der Waals surface area contributed by atoms with Crippen LogP contribution in [0.25, 0.3) is 10.9 Å². The van der Waals surface area contributed by atoms with Crippen LogP contribution in [0.5, 0.6) is 0 Å². The lowest BCUT2D eigenvalue weighted by atomic mass is 9.75. The zero-order valence-corrected chi connectivity index (χ0v) is 15.9. The molecule has 5 heteroatoms. The minimum Gasteiger partial charge on any atom is -0.504 e. The molecule has 0 bridgehead atoms. The normalized spacial score (nSPS) is 25.6. The molecule has 0 unspecified atom stereocenters. The van der Waals surface area contributed by atoms with Gasteiger partial charge in [0, 0.05) is 35.6 Å². The number of aromatic nitrogens is 1. The highest BCUT2D eigenvalue weighted by molar-refractivity contribution is 5.89.